The minimum Gasteiger partial charge on any atom is -0.453 e. The SMILES string of the molecule is Clc1ccc(C=C(Oc2ccc(Cl)cc2Cl)c2nc3ccccc3s2)cc1. The number of hydrogen-bond acceptors (Lipinski definition) is 3. The molecule has 2 nitrogen and oxygen atoms in total. The molecule has 0 unspecified atom stereocenters. The molecule has 0 aliphatic rings. The van der Waals surface area contributed by atoms with Crippen molar-refractivity contribution in [3.8, 4) is 5.75 Å². The van der Waals surface area contributed by atoms with Gasteiger partial charge in [-0.15, -0.1) is 11.3 Å². The molecule has 0 bridgehead atoms. The van der Waals surface area contributed by atoms with Crippen LogP contribution in [0.25, 0.3) is 22.1 Å². The summed E-state index contributed by atoms with van der Waals surface area (Å²) in [5.74, 6) is 1.11. The molecule has 0 amide bonds. The van der Waals surface area contributed by atoms with E-state index in [1.165, 1.54) is 0 Å². The van der Waals surface area contributed by atoms with Crippen LogP contribution in [0.15, 0.2) is 66.7 Å². The fourth-order valence-corrected chi connectivity index (χ4v) is 3.99. The number of fused-ring (bicyclic) bond motifs is 1. The number of nitrogens with zero attached hydrogens (tertiary/aromatic N) is 1. The number of halogens is 3. The van der Waals surface area contributed by atoms with Crippen molar-refractivity contribution >= 4 is 68.2 Å². The second-order valence-corrected chi connectivity index (χ2v) is 8.03. The maximum Gasteiger partial charge on any atom is 0.163 e. The first-order chi connectivity index (χ1) is 13.1. The standard InChI is InChI=1S/C21H12Cl3NOS/c22-14-7-5-13(6-8-14)11-19(26-18-10-9-15(23)12-16(18)24)21-25-17-3-1-2-4-20(17)27-21/h1-12H. The van der Waals surface area contributed by atoms with Gasteiger partial charge < -0.3 is 4.74 Å². The fourth-order valence-electron chi connectivity index (χ4n) is 2.50. The van der Waals surface area contributed by atoms with E-state index in [0.717, 1.165) is 20.8 Å². The second kappa shape index (κ2) is 7.91. The van der Waals surface area contributed by atoms with Crippen molar-refractivity contribution in [2.75, 3.05) is 0 Å². The van der Waals surface area contributed by atoms with Gasteiger partial charge >= 0.3 is 0 Å². The van der Waals surface area contributed by atoms with Gasteiger partial charge in [-0.1, -0.05) is 59.1 Å². The summed E-state index contributed by atoms with van der Waals surface area (Å²) < 4.78 is 7.22. The van der Waals surface area contributed by atoms with E-state index in [2.05, 4.69) is 0 Å². The highest BCUT2D eigenvalue weighted by atomic mass is 35.5. The molecule has 0 radical (unpaired) electrons. The highest BCUT2D eigenvalue weighted by molar-refractivity contribution is 7.19. The van der Waals surface area contributed by atoms with Crippen LogP contribution in [0.3, 0.4) is 0 Å². The first-order valence-electron chi connectivity index (χ1n) is 8.04. The van der Waals surface area contributed by atoms with Gasteiger partial charge in [-0.2, -0.15) is 0 Å². The Labute approximate surface area is 175 Å². The molecule has 6 heteroatoms. The summed E-state index contributed by atoms with van der Waals surface area (Å²) in [6, 6.07) is 20.6. The molecule has 4 aromatic rings. The van der Waals surface area contributed by atoms with Gasteiger partial charge in [0.15, 0.2) is 10.8 Å². The number of benzene rings is 3. The lowest BCUT2D eigenvalue weighted by Crippen LogP contribution is -1.95. The first kappa shape index (κ1) is 18.3. The van der Waals surface area contributed by atoms with E-state index in [1.54, 1.807) is 29.5 Å². The summed E-state index contributed by atoms with van der Waals surface area (Å²) >= 11 is 19.8. The Balaban J connectivity index is 1.79. The summed E-state index contributed by atoms with van der Waals surface area (Å²) in [6.07, 6.45) is 1.92. The van der Waals surface area contributed by atoms with Gasteiger partial charge in [0.05, 0.1) is 15.2 Å². The highest BCUT2D eigenvalue weighted by Gasteiger charge is 2.13. The Bertz CT molecular complexity index is 1100. The quantitative estimate of drug-likeness (QED) is 0.306. The average Bonchev–Trinajstić information content (AvgIpc) is 3.09. The van der Waals surface area contributed by atoms with E-state index in [1.807, 2.05) is 54.6 Å². The third-order valence-electron chi connectivity index (χ3n) is 3.79. The molecule has 0 aliphatic heterocycles. The van der Waals surface area contributed by atoms with Gasteiger partial charge in [0.1, 0.15) is 5.75 Å². The Morgan fingerprint density at radius 3 is 2.37 bits per heavy atom. The lowest BCUT2D eigenvalue weighted by atomic mass is 10.2. The minimum atomic E-state index is 0.436. The van der Waals surface area contributed by atoms with Crippen LogP contribution < -0.4 is 4.74 Å². The molecule has 1 heterocycles. The van der Waals surface area contributed by atoms with Crippen molar-refractivity contribution < 1.29 is 4.74 Å². The van der Waals surface area contributed by atoms with E-state index in [4.69, 9.17) is 44.5 Å². The van der Waals surface area contributed by atoms with Crippen LogP contribution in [-0.2, 0) is 0 Å². The zero-order chi connectivity index (χ0) is 18.8. The largest absolute Gasteiger partial charge is 0.453 e. The second-order valence-electron chi connectivity index (χ2n) is 5.72. The zero-order valence-corrected chi connectivity index (χ0v) is 16.9. The van der Waals surface area contributed by atoms with Crippen molar-refractivity contribution in [1.82, 2.24) is 4.98 Å². The van der Waals surface area contributed by atoms with Gasteiger partial charge in [-0.3, -0.25) is 0 Å². The molecule has 27 heavy (non-hydrogen) atoms. The lowest BCUT2D eigenvalue weighted by Gasteiger charge is -2.10. The summed E-state index contributed by atoms with van der Waals surface area (Å²) in [5.41, 5.74) is 1.86. The fraction of sp³-hybridized carbons (Fsp3) is 0. The van der Waals surface area contributed by atoms with Crippen molar-refractivity contribution in [3.63, 3.8) is 0 Å². The summed E-state index contributed by atoms with van der Waals surface area (Å²) in [6.45, 7) is 0. The number of thiazole rings is 1. The molecule has 0 saturated carbocycles. The Hall–Kier alpha value is -2.04. The van der Waals surface area contributed by atoms with Gasteiger partial charge in [0.25, 0.3) is 0 Å². The van der Waals surface area contributed by atoms with Crippen molar-refractivity contribution in [3.05, 3.63) is 92.4 Å². The molecule has 0 saturated heterocycles. The Morgan fingerprint density at radius 2 is 1.63 bits per heavy atom. The van der Waals surface area contributed by atoms with Crippen LogP contribution in [0.1, 0.15) is 10.6 Å². The van der Waals surface area contributed by atoms with E-state index >= 15 is 0 Å². The van der Waals surface area contributed by atoms with Crippen molar-refractivity contribution in [1.29, 1.82) is 0 Å². The topological polar surface area (TPSA) is 22.1 Å². The molecular formula is C21H12Cl3NOS. The monoisotopic (exact) mass is 431 g/mol. The maximum atomic E-state index is 6.29. The molecule has 0 aliphatic carbocycles. The third-order valence-corrected chi connectivity index (χ3v) is 5.62. The number of rotatable bonds is 4. The van der Waals surface area contributed by atoms with Crippen LogP contribution in [0.5, 0.6) is 5.75 Å². The molecule has 1 aromatic heterocycles. The van der Waals surface area contributed by atoms with E-state index in [9.17, 15) is 0 Å². The molecule has 0 spiro atoms. The Morgan fingerprint density at radius 1 is 0.889 bits per heavy atom. The summed E-state index contributed by atoms with van der Waals surface area (Å²) in [5, 5.41) is 2.42. The van der Waals surface area contributed by atoms with Gasteiger partial charge in [-0.25, -0.2) is 4.98 Å². The predicted octanol–water partition coefficient (Wildman–Crippen LogP) is 7.83. The van der Waals surface area contributed by atoms with Crippen LogP contribution in [0.2, 0.25) is 15.1 Å². The van der Waals surface area contributed by atoms with Gasteiger partial charge in [0.2, 0.25) is 0 Å². The van der Waals surface area contributed by atoms with Gasteiger partial charge in [-0.05, 0) is 54.1 Å². The minimum absolute atomic E-state index is 0.436. The summed E-state index contributed by atoms with van der Waals surface area (Å²) in [7, 11) is 0. The van der Waals surface area contributed by atoms with Crippen LogP contribution in [-0.4, -0.2) is 4.98 Å². The number of aromatic nitrogens is 1. The van der Waals surface area contributed by atoms with Crippen LogP contribution in [0.4, 0.5) is 0 Å². The van der Waals surface area contributed by atoms with Crippen molar-refractivity contribution in [2.45, 2.75) is 0 Å². The molecule has 0 atom stereocenters. The maximum absolute atomic E-state index is 6.29. The smallest absolute Gasteiger partial charge is 0.163 e. The predicted molar refractivity (Wildman–Crippen MR) is 116 cm³/mol. The van der Waals surface area contributed by atoms with Gasteiger partial charge in [0, 0.05) is 10.0 Å². The van der Waals surface area contributed by atoms with E-state index in [-0.39, 0.29) is 0 Å². The molecule has 0 fully saturated rings. The van der Waals surface area contributed by atoms with Crippen molar-refractivity contribution in [2.24, 2.45) is 0 Å². The number of ether oxygens (including phenoxy) is 1. The number of para-hydroxylation sites is 1. The first-order valence-corrected chi connectivity index (χ1v) is 10.00. The molecule has 4 rings (SSSR count). The van der Waals surface area contributed by atoms with E-state index in [0.29, 0.717) is 26.6 Å². The molecule has 134 valence electrons. The average molecular weight is 433 g/mol. The summed E-state index contributed by atoms with van der Waals surface area (Å²) in [4.78, 5) is 4.70. The highest BCUT2D eigenvalue weighted by Crippen LogP contribution is 2.34. The van der Waals surface area contributed by atoms with Crippen LogP contribution >= 0.6 is 46.1 Å². The number of hydrogen-bond donors (Lipinski definition) is 0. The Kier molecular flexibility index (Phi) is 5.37. The van der Waals surface area contributed by atoms with E-state index < -0.39 is 0 Å². The molecule has 0 N–H and O–H groups in total. The lowest BCUT2D eigenvalue weighted by molar-refractivity contribution is 0.518. The third kappa shape index (κ3) is 4.28. The molecular weight excluding hydrogens is 421 g/mol. The zero-order valence-electron chi connectivity index (χ0n) is 13.8. The molecule has 3 aromatic carbocycles. The normalized spacial score (nSPS) is 11.7. The van der Waals surface area contributed by atoms with Crippen LogP contribution in [0, 0.1) is 0 Å².